The van der Waals surface area contributed by atoms with Gasteiger partial charge in [0.1, 0.15) is 22.5 Å². The smallest absolute Gasteiger partial charge is 0.220 e. The van der Waals surface area contributed by atoms with Gasteiger partial charge in [0, 0.05) is 24.9 Å². The molecule has 0 aliphatic carbocycles. The van der Waals surface area contributed by atoms with Crippen LogP contribution in [0.5, 0.6) is 5.75 Å². The summed E-state index contributed by atoms with van der Waals surface area (Å²) in [4.78, 5) is 13.9. The number of carbonyl (C=O) groups excluding carboxylic acids is 1. The van der Waals surface area contributed by atoms with E-state index in [4.69, 9.17) is 0 Å². The molecule has 186 valence electrons. The zero-order valence-electron chi connectivity index (χ0n) is 22.1. The predicted octanol–water partition coefficient (Wildman–Crippen LogP) is 4.59. The van der Waals surface area contributed by atoms with Crippen molar-refractivity contribution in [1.29, 1.82) is 0 Å². The number of phenols is 1. The molecule has 7 nitrogen and oxygen atoms in total. The number of aromatic hydroxyl groups is 1. The molecule has 2 aromatic carbocycles. The van der Waals surface area contributed by atoms with E-state index < -0.39 is 0 Å². The fraction of sp³-hybridized carbons (Fsp3) is 0.519. The van der Waals surface area contributed by atoms with E-state index >= 15 is 0 Å². The van der Waals surface area contributed by atoms with Crippen molar-refractivity contribution in [2.45, 2.75) is 59.3 Å². The number of hydrogen-bond acceptors (Lipinski definition) is 4. The molecule has 1 aromatic heterocycles. The number of nitrogens with zero attached hydrogens (tertiary/aromatic N) is 4. The summed E-state index contributed by atoms with van der Waals surface area (Å²) < 4.78 is 0.887. The molecule has 0 unspecified atom stereocenters. The molecule has 7 heteroatoms. The molecule has 0 fully saturated rings. The number of aryl methyl sites for hydroxylation is 1. The Balaban J connectivity index is 0.00000199. The van der Waals surface area contributed by atoms with Gasteiger partial charge in [-0.05, 0) is 35.6 Å². The van der Waals surface area contributed by atoms with E-state index in [0.29, 0.717) is 25.1 Å². The fourth-order valence-electron chi connectivity index (χ4n) is 3.64. The Hall–Kier alpha value is -2.93. The Morgan fingerprint density at radius 1 is 1.06 bits per heavy atom. The van der Waals surface area contributed by atoms with E-state index in [0.717, 1.165) is 39.6 Å². The number of hydrogen-bond donors (Lipinski definition) is 2. The first-order valence-corrected chi connectivity index (χ1v) is 12.2. The predicted molar refractivity (Wildman–Crippen MR) is 139 cm³/mol. The van der Waals surface area contributed by atoms with Crippen LogP contribution < -0.4 is 5.32 Å². The minimum atomic E-state index is -0.269. The van der Waals surface area contributed by atoms with Gasteiger partial charge in [0.05, 0.1) is 27.7 Å². The third kappa shape index (κ3) is 7.55. The number of amides is 1. The average molecular weight is 469 g/mol. The molecule has 34 heavy (non-hydrogen) atoms. The molecule has 1 amide bonds. The van der Waals surface area contributed by atoms with Gasteiger partial charge in [-0.1, -0.05) is 52.8 Å². The molecule has 0 saturated carbocycles. The largest absolute Gasteiger partial charge is 0.505 e. The van der Waals surface area contributed by atoms with E-state index in [1.54, 1.807) is 0 Å². The van der Waals surface area contributed by atoms with Gasteiger partial charge in [-0.2, -0.15) is 0 Å². The number of phenolic OH excluding ortho intramolecular Hbond substituents is 1. The molecule has 3 aromatic rings. The monoisotopic (exact) mass is 468 g/mol. The van der Waals surface area contributed by atoms with Crippen LogP contribution in [0.2, 0.25) is 0 Å². The van der Waals surface area contributed by atoms with Gasteiger partial charge < -0.3 is 14.9 Å². The first kappa shape index (κ1) is 27.3. The van der Waals surface area contributed by atoms with Crippen LogP contribution in [0.4, 0.5) is 0 Å². The lowest BCUT2D eigenvalue weighted by molar-refractivity contribution is -0.870. The Kier molecular flexibility index (Phi) is 9.21. The lowest BCUT2D eigenvalue weighted by atomic mass is 9.84. The van der Waals surface area contributed by atoms with Gasteiger partial charge in [-0.3, -0.25) is 4.79 Å². The van der Waals surface area contributed by atoms with Gasteiger partial charge in [-0.15, -0.1) is 15.0 Å². The van der Waals surface area contributed by atoms with E-state index in [1.165, 1.54) is 4.80 Å². The van der Waals surface area contributed by atoms with Crippen molar-refractivity contribution in [3.8, 4) is 11.4 Å². The first-order valence-electron chi connectivity index (χ1n) is 12.2. The van der Waals surface area contributed by atoms with Gasteiger partial charge in [0.15, 0.2) is 0 Å². The fourth-order valence-corrected chi connectivity index (χ4v) is 3.64. The third-order valence-corrected chi connectivity index (χ3v) is 5.43. The van der Waals surface area contributed by atoms with Gasteiger partial charge in [-0.25, -0.2) is 0 Å². The minimum absolute atomic E-state index is 0.0429. The molecule has 0 aliphatic heterocycles. The second-order valence-electron chi connectivity index (χ2n) is 10.5. The SMILES string of the molecule is CC.CC(C)(C)c1cc(CCC(=O)NCCC[N+](C)(C)C)cc(-n2nc3ccccc3n2)c1O. The lowest BCUT2D eigenvalue weighted by Crippen LogP contribution is -2.37. The van der Waals surface area contributed by atoms with Gasteiger partial charge >= 0.3 is 0 Å². The molecule has 0 saturated heterocycles. The molecular formula is C27H42N5O2+. The third-order valence-electron chi connectivity index (χ3n) is 5.43. The maximum absolute atomic E-state index is 12.4. The maximum Gasteiger partial charge on any atom is 0.220 e. The summed E-state index contributed by atoms with van der Waals surface area (Å²) in [6, 6.07) is 11.5. The highest BCUT2D eigenvalue weighted by atomic mass is 16.3. The Labute approximate surface area is 204 Å². The summed E-state index contributed by atoms with van der Waals surface area (Å²) in [7, 11) is 6.44. The number of rotatable bonds is 8. The molecule has 0 atom stereocenters. The quantitative estimate of drug-likeness (QED) is 0.374. The summed E-state index contributed by atoms with van der Waals surface area (Å²) >= 11 is 0. The summed E-state index contributed by atoms with van der Waals surface area (Å²) in [5, 5.41) is 23.1. The minimum Gasteiger partial charge on any atom is -0.505 e. The summed E-state index contributed by atoms with van der Waals surface area (Å²) in [5.74, 6) is 0.215. The van der Waals surface area contributed by atoms with Crippen molar-refractivity contribution in [3.63, 3.8) is 0 Å². The second kappa shape index (κ2) is 11.5. The van der Waals surface area contributed by atoms with Crippen molar-refractivity contribution in [3.05, 3.63) is 47.5 Å². The van der Waals surface area contributed by atoms with Crippen molar-refractivity contribution in [1.82, 2.24) is 20.3 Å². The Morgan fingerprint density at radius 3 is 2.18 bits per heavy atom. The molecule has 1 heterocycles. The topological polar surface area (TPSA) is 80.0 Å². The summed E-state index contributed by atoms with van der Waals surface area (Å²) in [6.07, 6.45) is 1.93. The number of aromatic nitrogens is 3. The number of benzene rings is 2. The molecule has 3 rings (SSSR count). The van der Waals surface area contributed by atoms with Crippen LogP contribution >= 0.6 is 0 Å². The summed E-state index contributed by atoms with van der Waals surface area (Å²) in [6.45, 7) is 11.9. The second-order valence-corrected chi connectivity index (χ2v) is 10.5. The Morgan fingerprint density at radius 2 is 1.65 bits per heavy atom. The van der Waals surface area contributed by atoms with E-state index in [1.807, 2.05) is 50.2 Å². The van der Waals surface area contributed by atoms with E-state index in [2.05, 4.69) is 57.4 Å². The van der Waals surface area contributed by atoms with Crippen molar-refractivity contribution < 1.29 is 14.4 Å². The van der Waals surface area contributed by atoms with Crippen molar-refractivity contribution in [2.75, 3.05) is 34.2 Å². The molecule has 2 N–H and O–H groups in total. The van der Waals surface area contributed by atoms with Gasteiger partial charge in [0.2, 0.25) is 5.91 Å². The van der Waals surface area contributed by atoms with E-state index in [9.17, 15) is 9.90 Å². The maximum atomic E-state index is 12.4. The Bertz CT molecular complexity index is 1060. The highest BCUT2D eigenvalue weighted by molar-refractivity contribution is 5.76. The zero-order valence-corrected chi connectivity index (χ0v) is 22.1. The lowest BCUT2D eigenvalue weighted by Gasteiger charge is -2.23. The average Bonchev–Trinajstić information content (AvgIpc) is 3.20. The molecular weight excluding hydrogens is 426 g/mol. The van der Waals surface area contributed by atoms with Crippen molar-refractivity contribution >= 4 is 16.9 Å². The number of nitrogens with one attached hydrogen (secondary N) is 1. The van der Waals surface area contributed by atoms with Crippen LogP contribution in [-0.4, -0.2) is 64.7 Å². The number of quaternary nitrogens is 1. The van der Waals surface area contributed by atoms with Crippen LogP contribution in [0.3, 0.4) is 0 Å². The first-order chi connectivity index (χ1) is 15.9. The number of carbonyl (C=O) groups is 1. The van der Waals surface area contributed by atoms with Gasteiger partial charge in [0.25, 0.3) is 0 Å². The van der Waals surface area contributed by atoms with Crippen molar-refractivity contribution in [2.24, 2.45) is 0 Å². The van der Waals surface area contributed by atoms with Crippen LogP contribution in [0.1, 0.15) is 58.6 Å². The van der Waals surface area contributed by atoms with Crippen LogP contribution in [-0.2, 0) is 16.6 Å². The molecule has 0 spiro atoms. The molecule has 0 radical (unpaired) electrons. The van der Waals surface area contributed by atoms with Crippen LogP contribution in [0.15, 0.2) is 36.4 Å². The zero-order chi connectivity index (χ0) is 25.5. The van der Waals surface area contributed by atoms with Crippen LogP contribution in [0, 0.1) is 0 Å². The number of fused-ring (bicyclic) bond motifs is 1. The van der Waals surface area contributed by atoms with E-state index in [-0.39, 0.29) is 17.1 Å². The van der Waals surface area contributed by atoms with Crippen LogP contribution in [0.25, 0.3) is 16.7 Å². The standard InChI is InChI=1S/C25H35N5O2.C2H6/c1-25(2,3)19-16-18(12-13-23(31)26-14-9-15-30(4,5)6)17-22(24(19)32)29-27-20-10-7-8-11-21(20)28-29;1-2/h7-8,10-11,16-17H,9,12-15H2,1-6H3,(H-,26,31,32);1-2H3/p+1. The highest BCUT2D eigenvalue weighted by Gasteiger charge is 2.23. The highest BCUT2D eigenvalue weighted by Crippen LogP contribution is 2.36. The molecule has 0 bridgehead atoms. The summed E-state index contributed by atoms with van der Waals surface area (Å²) in [5.41, 5.74) is 3.59. The molecule has 0 aliphatic rings. The normalized spacial score (nSPS) is 11.8.